The zero-order valence-electron chi connectivity index (χ0n) is 13.0. The third-order valence-corrected chi connectivity index (χ3v) is 3.68. The fraction of sp³-hybridized carbons (Fsp3) is 0.250. The van der Waals surface area contributed by atoms with Gasteiger partial charge in [-0.3, -0.25) is 9.59 Å². The van der Waals surface area contributed by atoms with Crippen molar-refractivity contribution in [3.05, 3.63) is 53.4 Å². The number of ketones is 1. The zero-order valence-corrected chi connectivity index (χ0v) is 13.8. The van der Waals surface area contributed by atoms with Gasteiger partial charge in [0, 0.05) is 12.3 Å². The molecule has 1 aromatic heterocycles. The van der Waals surface area contributed by atoms with Crippen LogP contribution in [0.5, 0.6) is 0 Å². The summed E-state index contributed by atoms with van der Waals surface area (Å²) >= 11 is 1.23. The Morgan fingerprint density at radius 3 is 2.67 bits per heavy atom. The molecule has 0 aliphatic rings. The van der Waals surface area contributed by atoms with Crippen molar-refractivity contribution in [1.82, 2.24) is 9.97 Å². The molecule has 8 heteroatoms. The number of hydrogen-bond donors (Lipinski definition) is 0. The van der Waals surface area contributed by atoms with E-state index in [1.807, 2.05) is 0 Å². The molecule has 1 heterocycles. The van der Waals surface area contributed by atoms with Crippen LogP contribution in [-0.4, -0.2) is 34.6 Å². The Bertz CT molecular complexity index is 771. The standard InChI is InChI=1S/C16H14F2N2O3S/c1-3-23-15(22)13(12-6-7-19-16(20-12)24-2)14(21)10-5-4-9(17)8-11(10)18/h4-8,13H,3H2,1-2H3. The van der Waals surface area contributed by atoms with Gasteiger partial charge in [0.1, 0.15) is 11.6 Å². The molecule has 1 atom stereocenters. The molecule has 0 amide bonds. The summed E-state index contributed by atoms with van der Waals surface area (Å²) in [6, 6.07) is 3.92. The van der Waals surface area contributed by atoms with Gasteiger partial charge in [0.25, 0.3) is 0 Å². The molecule has 0 bridgehead atoms. The second kappa shape index (κ2) is 7.96. The van der Waals surface area contributed by atoms with Crippen LogP contribution < -0.4 is 0 Å². The van der Waals surface area contributed by atoms with E-state index in [-0.39, 0.29) is 12.3 Å². The van der Waals surface area contributed by atoms with Gasteiger partial charge < -0.3 is 4.74 Å². The molecule has 2 rings (SSSR count). The van der Waals surface area contributed by atoms with Gasteiger partial charge in [-0.25, -0.2) is 18.7 Å². The normalized spacial score (nSPS) is 11.8. The Hall–Kier alpha value is -2.35. The summed E-state index contributed by atoms with van der Waals surface area (Å²) in [5.74, 6) is -5.01. The number of aromatic nitrogens is 2. The van der Waals surface area contributed by atoms with Gasteiger partial charge in [0.2, 0.25) is 0 Å². The van der Waals surface area contributed by atoms with Gasteiger partial charge in [-0.05, 0) is 31.4 Å². The highest BCUT2D eigenvalue weighted by Crippen LogP contribution is 2.24. The van der Waals surface area contributed by atoms with Gasteiger partial charge >= 0.3 is 5.97 Å². The SMILES string of the molecule is CCOC(=O)C(C(=O)c1ccc(F)cc1F)c1ccnc(SC)n1. The minimum absolute atomic E-state index is 0.0506. The Morgan fingerprint density at radius 1 is 1.29 bits per heavy atom. The number of esters is 1. The molecular weight excluding hydrogens is 338 g/mol. The second-order valence-corrected chi connectivity index (χ2v) is 5.42. The number of rotatable bonds is 6. The van der Waals surface area contributed by atoms with Crippen LogP contribution in [0.4, 0.5) is 8.78 Å². The predicted molar refractivity (Wildman–Crippen MR) is 83.9 cm³/mol. The largest absolute Gasteiger partial charge is 0.465 e. The maximum Gasteiger partial charge on any atom is 0.323 e. The van der Waals surface area contributed by atoms with Crippen LogP contribution in [-0.2, 0) is 9.53 Å². The van der Waals surface area contributed by atoms with E-state index in [1.54, 1.807) is 13.2 Å². The molecule has 0 fully saturated rings. The summed E-state index contributed by atoms with van der Waals surface area (Å²) in [6.45, 7) is 1.64. The second-order valence-electron chi connectivity index (χ2n) is 4.64. The first-order valence-electron chi connectivity index (χ1n) is 7.00. The van der Waals surface area contributed by atoms with Crippen LogP contribution in [0.15, 0.2) is 35.6 Å². The Kier molecular flexibility index (Phi) is 5.97. The monoisotopic (exact) mass is 352 g/mol. The third-order valence-electron chi connectivity index (χ3n) is 3.11. The van der Waals surface area contributed by atoms with E-state index in [1.165, 1.54) is 24.0 Å². The number of ether oxygens (including phenoxy) is 1. The molecular formula is C16H14F2N2O3S. The van der Waals surface area contributed by atoms with Crippen LogP contribution in [0.3, 0.4) is 0 Å². The third kappa shape index (κ3) is 3.94. The summed E-state index contributed by atoms with van der Waals surface area (Å²) in [5.41, 5.74) is -0.305. The van der Waals surface area contributed by atoms with E-state index in [0.717, 1.165) is 12.1 Å². The summed E-state index contributed by atoms with van der Waals surface area (Å²) < 4.78 is 31.9. The van der Waals surface area contributed by atoms with E-state index in [2.05, 4.69) is 9.97 Å². The Morgan fingerprint density at radius 2 is 2.04 bits per heavy atom. The number of carbonyl (C=O) groups is 2. The van der Waals surface area contributed by atoms with Crippen molar-refractivity contribution in [1.29, 1.82) is 0 Å². The molecule has 0 saturated heterocycles. The lowest BCUT2D eigenvalue weighted by molar-refractivity contribution is -0.143. The maximum absolute atomic E-state index is 13.9. The topological polar surface area (TPSA) is 69.2 Å². The predicted octanol–water partition coefficient (Wildman–Crippen LogP) is 3.01. The van der Waals surface area contributed by atoms with Crippen molar-refractivity contribution in [3.63, 3.8) is 0 Å². The van der Waals surface area contributed by atoms with Crippen molar-refractivity contribution < 1.29 is 23.1 Å². The van der Waals surface area contributed by atoms with E-state index < -0.39 is 34.9 Å². The number of carbonyl (C=O) groups excluding carboxylic acids is 2. The highest BCUT2D eigenvalue weighted by Gasteiger charge is 2.34. The molecule has 0 radical (unpaired) electrons. The van der Waals surface area contributed by atoms with Gasteiger partial charge in [-0.15, -0.1) is 0 Å². The fourth-order valence-corrected chi connectivity index (χ4v) is 2.41. The number of Topliss-reactive ketones (excluding diaryl/α,β-unsaturated/α-hetero) is 1. The number of nitrogens with zero attached hydrogens (tertiary/aromatic N) is 2. The van der Waals surface area contributed by atoms with Crippen LogP contribution >= 0.6 is 11.8 Å². The van der Waals surface area contributed by atoms with E-state index in [0.29, 0.717) is 11.2 Å². The lowest BCUT2D eigenvalue weighted by Crippen LogP contribution is -2.26. The minimum Gasteiger partial charge on any atom is -0.465 e. The summed E-state index contributed by atoms with van der Waals surface area (Å²) in [4.78, 5) is 33.0. The molecule has 126 valence electrons. The molecule has 2 aromatic rings. The lowest BCUT2D eigenvalue weighted by Gasteiger charge is -2.15. The molecule has 0 aliphatic carbocycles. The highest BCUT2D eigenvalue weighted by molar-refractivity contribution is 7.98. The molecule has 0 saturated carbocycles. The van der Waals surface area contributed by atoms with E-state index in [9.17, 15) is 18.4 Å². The average Bonchev–Trinajstić information content (AvgIpc) is 2.55. The minimum atomic E-state index is -1.45. The summed E-state index contributed by atoms with van der Waals surface area (Å²) in [5, 5.41) is 0.356. The van der Waals surface area contributed by atoms with Gasteiger partial charge in [0.15, 0.2) is 16.9 Å². The van der Waals surface area contributed by atoms with Crippen LogP contribution in [0.1, 0.15) is 28.9 Å². The quantitative estimate of drug-likeness (QED) is 0.262. The van der Waals surface area contributed by atoms with E-state index >= 15 is 0 Å². The summed E-state index contributed by atoms with van der Waals surface area (Å²) in [6.07, 6.45) is 3.13. The summed E-state index contributed by atoms with van der Waals surface area (Å²) in [7, 11) is 0. The highest BCUT2D eigenvalue weighted by atomic mass is 32.2. The van der Waals surface area contributed by atoms with Crippen LogP contribution in [0.25, 0.3) is 0 Å². The van der Waals surface area contributed by atoms with Crippen molar-refractivity contribution >= 4 is 23.5 Å². The smallest absolute Gasteiger partial charge is 0.323 e. The number of benzene rings is 1. The maximum atomic E-state index is 13.9. The number of thioether (sulfide) groups is 1. The van der Waals surface area contributed by atoms with Gasteiger partial charge in [-0.1, -0.05) is 11.8 Å². The number of halogens is 2. The molecule has 24 heavy (non-hydrogen) atoms. The van der Waals surface area contributed by atoms with Crippen molar-refractivity contribution in [3.8, 4) is 0 Å². The Balaban J connectivity index is 2.49. The molecule has 0 spiro atoms. The van der Waals surface area contributed by atoms with Crippen LogP contribution in [0, 0.1) is 11.6 Å². The molecule has 5 nitrogen and oxygen atoms in total. The first-order valence-corrected chi connectivity index (χ1v) is 8.23. The number of hydrogen-bond acceptors (Lipinski definition) is 6. The van der Waals surface area contributed by atoms with Crippen molar-refractivity contribution in [2.45, 2.75) is 18.0 Å². The average molecular weight is 352 g/mol. The molecule has 0 N–H and O–H groups in total. The van der Waals surface area contributed by atoms with Crippen molar-refractivity contribution in [2.24, 2.45) is 0 Å². The lowest BCUT2D eigenvalue weighted by atomic mass is 9.94. The zero-order chi connectivity index (χ0) is 17.7. The first kappa shape index (κ1) is 18.0. The fourth-order valence-electron chi connectivity index (χ4n) is 2.05. The van der Waals surface area contributed by atoms with Crippen molar-refractivity contribution in [2.75, 3.05) is 12.9 Å². The molecule has 0 aliphatic heterocycles. The molecule has 1 aromatic carbocycles. The van der Waals surface area contributed by atoms with Gasteiger partial charge in [0.05, 0.1) is 17.9 Å². The van der Waals surface area contributed by atoms with Gasteiger partial charge in [-0.2, -0.15) is 0 Å². The van der Waals surface area contributed by atoms with Crippen LogP contribution in [0.2, 0.25) is 0 Å². The van der Waals surface area contributed by atoms with E-state index in [4.69, 9.17) is 4.74 Å². The molecule has 1 unspecified atom stereocenters. The first-order chi connectivity index (χ1) is 11.5. The Labute approximate surface area is 141 Å².